The molecule has 1 aromatic heterocycles. The van der Waals surface area contributed by atoms with Gasteiger partial charge in [0.25, 0.3) is 5.56 Å². The van der Waals surface area contributed by atoms with Gasteiger partial charge >= 0.3 is 0 Å². The number of carbonyl (C=O) groups excluding carboxylic acids is 1. The number of nitrogens with zero attached hydrogens (tertiary/aromatic N) is 4. The van der Waals surface area contributed by atoms with Crippen molar-refractivity contribution in [1.82, 2.24) is 14.7 Å². The summed E-state index contributed by atoms with van der Waals surface area (Å²) in [5, 5.41) is 3.83. The zero-order valence-corrected chi connectivity index (χ0v) is 14.4. The Morgan fingerprint density at radius 3 is 2.42 bits per heavy atom. The average Bonchev–Trinajstić information content (AvgIpc) is 2.63. The number of hydrogen-bond donors (Lipinski definition) is 0. The van der Waals surface area contributed by atoms with Crippen LogP contribution in [0.25, 0.3) is 0 Å². The molecule has 6 nitrogen and oxygen atoms in total. The third-order valence-electron chi connectivity index (χ3n) is 3.98. The molecule has 3 rings (SSSR count). The third kappa shape index (κ3) is 3.55. The molecule has 1 fully saturated rings. The van der Waals surface area contributed by atoms with Gasteiger partial charge in [0.05, 0.1) is 11.2 Å². The van der Waals surface area contributed by atoms with Crippen molar-refractivity contribution in [3.8, 4) is 0 Å². The summed E-state index contributed by atoms with van der Waals surface area (Å²) in [6, 6.07) is 10.1. The van der Waals surface area contributed by atoms with E-state index in [0.29, 0.717) is 13.1 Å². The van der Waals surface area contributed by atoms with E-state index in [2.05, 4.69) is 22.1 Å². The van der Waals surface area contributed by atoms with E-state index < -0.39 is 5.56 Å². The number of amides is 1. The van der Waals surface area contributed by atoms with E-state index in [1.807, 2.05) is 18.2 Å². The Balaban J connectivity index is 1.62. The van der Waals surface area contributed by atoms with Crippen LogP contribution in [0, 0.1) is 0 Å². The van der Waals surface area contributed by atoms with Gasteiger partial charge in [0.15, 0.2) is 0 Å². The number of hydrogen-bond acceptors (Lipinski definition) is 4. The number of para-hydroxylation sites is 1. The van der Waals surface area contributed by atoms with Gasteiger partial charge in [-0.05, 0) is 12.1 Å². The predicted molar refractivity (Wildman–Crippen MR) is 93.8 cm³/mol. The van der Waals surface area contributed by atoms with Crippen molar-refractivity contribution in [2.45, 2.75) is 6.54 Å². The highest BCUT2D eigenvalue weighted by molar-refractivity contribution is 6.41. The molecule has 0 unspecified atom stereocenters. The van der Waals surface area contributed by atoms with Crippen LogP contribution in [0.3, 0.4) is 0 Å². The van der Waals surface area contributed by atoms with Crippen LogP contribution in [0.4, 0.5) is 5.69 Å². The van der Waals surface area contributed by atoms with Crippen molar-refractivity contribution < 1.29 is 4.79 Å². The smallest absolute Gasteiger partial charge is 0.287 e. The van der Waals surface area contributed by atoms with Crippen molar-refractivity contribution in [3.63, 3.8) is 0 Å². The first-order valence-electron chi connectivity index (χ1n) is 7.55. The fraction of sp³-hybridized carbons (Fsp3) is 0.312. The van der Waals surface area contributed by atoms with Crippen LogP contribution in [0.15, 0.2) is 41.3 Å². The lowest BCUT2D eigenvalue weighted by Crippen LogP contribution is -2.50. The first kappa shape index (κ1) is 16.8. The molecular formula is C16H16Cl2N4O2. The monoisotopic (exact) mass is 366 g/mol. The Morgan fingerprint density at radius 2 is 1.75 bits per heavy atom. The molecule has 0 aliphatic carbocycles. The van der Waals surface area contributed by atoms with Crippen LogP contribution in [0.1, 0.15) is 0 Å². The van der Waals surface area contributed by atoms with E-state index in [-0.39, 0.29) is 22.5 Å². The van der Waals surface area contributed by atoms with Gasteiger partial charge in [0.2, 0.25) is 5.91 Å². The average molecular weight is 367 g/mol. The summed E-state index contributed by atoms with van der Waals surface area (Å²) >= 11 is 11.5. The molecule has 24 heavy (non-hydrogen) atoms. The lowest BCUT2D eigenvalue weighted by Gasteiger charge is -2.36. The number of halogens is 2. The van der Waals surface area contributed by atoms with Crippen LogP contribution in [0.5, 0.6) is 0 Å². The summed E-state index contributed by atoms with van der Waals surface area (Å²) in [5.41, 5.74) is 0.590. The summed E-state index contributed by atoms with van der Waals surface area (Å²) in [5.74, 6) is -0.157. The van der Waals surface area contributed by atoms with Crippen LogP contribution >= 0.6 is 23.2 Å². The molecule has 0 spiro atoms. The lowest BCUT2D eigenvalue weighted by atomic mass is 10.2. The molecule has 0 saturated carbocycles. The van der Waals surface area contributed by atoms with Crippen LogP contribution in [0.2, 0.25) is 10.0 Å². The number of rotatable bonds is 3. The second-order valence-electron chi connectivity index (χ2n) is 5.47. The molecule has 1 aromatic carbocycles. The van der Waals surface area contributed by atoms with Crippen molar-refractivity contribution >= 4 is 34.8 Å². The highest BCUT2D eigenvalue weighted by atomic mass is 35.5. The molecule has 1 saturated heterocycles. The first-order valence-corrected chi connectivity index (χ1v) is 8.31. The van der Waals surface area contributed by atoms with Crippen molar-refractivity contribution in [3.05, 3.63) is 56.9 Å². The Bertz CT molecular complexity index is 786. The SMILES string of the molecule is O=C(Cn1ncc(Cl)c(Cl)c1=O)N1CCN(c2ccccc2)CC1. The van der Waals surface area contributed by atoms with E-state index in [4.69, 9.17) is 23.2 Å². The summed E-state index contributed by atoms with van der Waals surface area (Å²) in [7, 11) is 0. The maximum absolute atomic E-state index is 12.4. The standard InChI is InChI=1S/C16H16Cl2N4O2/c17-13-10-19-22(16(24)15(13)18)11-14(23)21-8-6-20(7-9-21)12-4-2-1-3-5-12/h1-5,10H,6-9,11H2. The van der Waals surface area contributed by atoms with Gasteiger partial charge in [-0.15, -0.1) is 0 Å². The molecule has 0 bridgehead atoms. The van der Waals surface area contributed by atoms with Gasteiger partial charge in [-0.1, -0.05) is 41.4 Å². The van der Waals surface area contributed by atoms with Crippen LogP contribution < -0.4 is 10.5 Å². The molecule has 1 aliphatic heterocycles. The molecule has 8 heteroatoms. The minimum atomic E-state index is -0.555. The molecule has 0 N–H and O–H groups in total. The lowest BCUT2D eigenvalue weighted by molar-refractivity contribution is -0.132. The van der Waals surface area contributed by atoms with Gasteiger partial charge in [-0.25, -0.2) is 4.68 Å². The molecule has 1 amide bonds. The number of anilines is 1. The fourth-order valence-electron chi connectivity index (χ4n) is 2.64. The van der Waals surface area contributed by atoms with E-state index in [1.165, 1.54) is 6.20 Å². The molecule has 2 aromatic rings. The summed E-state index contributed by atoms with van der Waals surface area (Å²) in [6.07, 6.45) is 1.27. The number of aromatic nitrogens is 2. The Labute approximate surface area is 149 Å². The van der Waals surface area contributed by atoms with Crippen LogP contribution in [-0.2, 0) is 11.3 Å². The second-order valence-corrected chi connectivity index (χ2v) is 6.26. The maximum Gasteiger partial charge on any atom is 0.287 e. The molecule has 1 aliphatic rings. The Hall–Kier alpha value is -2.05. The van der Waals surface area contributed by atoms with Crippen molar-refractivity contribution in [2.75, 3.05) is 31.1 Å². The number of carbonyl (C=O) groups is 1. The number of benzene rings is 1. The maximum atomic E-state index is 12.4. The third-order valence-corrected chi connectivity index (χ3v) is 4.73. The molecular weight excluding hydrogens is 351 g/mol. The predicted octanol–water partition coefficient (Wildman–Crippen LogP) is 1.90. The van der Waals surface area contributed by atoms with E-state index in [0.717, 1.165) is 23.5 Å². The van der Waals surface area contributed by atoms with Gasteiger partial charge in [0.1, 0.15) is 11.6 Å². The Kier molecular flexibility index (Phi) is 5.06. The largest absolute Gasteiger partial charge is 0.368 e. The topological polar surface area (TPSA) is 58.4 Å². The Morgan fingerprint density at radius 1 is 1.08 bits per heavy atom. The van der Waals surface area contributed by atoms with E-state index in [9.17, 15) is 9.59 Å². The van der Waals surface area contributed by atoms with Gasteiger partial charge in [-0.3, -0.25) is 9.59 Å². The summed E-state index contributed by atoms with van der Waals surface area (Å²) in [4.78, 5) is 28.3. The molecule has 126 valence electrons. The first-order chi connectivity index (χ1) is 11.6. The minimum absolute atomic E-state index is 0.0850. The van der Waals surface area contributed by atoms with Crippen molar-refractivity contribution in [1.29, 1.82) is 0 Å². The summed E-state index contributed by atoms with van der Waals surface area (Å²) < 4.78 is 1.04. The summed E-state index contributed by atoms with van der Waals surface area (Å²) in [6.45, 7) is 2.56. The van der Waals surface area contributed by atoms with Crippen molar-refractivity contribution in [2.24, 2.45) is 0 Å². The fourth-order valence-corrected chi connectivity index (χ4v) is 2.91. The highest BCUT2D eigenvalue weighted by Crippen LogP contribution is 2.16. The van der Waals surface area contributed by atoms with Gasteiger partial charge in [-0.2, -0.15) is 5.10 Å². The molecule has 2 heterocycles. The van der Waals surface area contributed by atoms with E-state index in [1.54, 1.807) is 4.90 Å². The normalized spacial score (nSPS) is 14.8. The quantitative estimate of drug-likeness (QED) is 0.832. The second kappa shape index (κ2) is 7.23. The molecule has 0 atom stereocenters. The van der Waals surface area contributed by atoms with E-state index >= 15 is 0 Å². The minimum Gasteiger partial charge on any atom is -0.368 e. The van der Waals surface area contributed by atoms with Crippen LogP contribution in [-0.4, -0.2) is 46.8 Å². The zero-order valence-electron chi connectivity index (χ0n) is 12.9. The van der Waals surface area contributed by atoms with Gasteiger partial charge < -0.3 is 9.80 Å². The highest BCUT2D eigenvalue weighted by Gasteiger charge is 2.22. The zero-order chi connectivity index (χ0) is 17.1. The van der Waals surface area contributed by atoms with Gasteiger partial charge in [0, 0.05) is 31.9 Å². The number of piperazine rings is 1. The molecule has 0 radical (unpaired) electrons.